The first-order valence-corrected chi connectivity index (χ1v) is 8.73. The highest BCUT2D eigenvalue weighted by Gasteiger charge is 2.52. The maximum Gasteiger partial charge on any atom is 0.411 e. The van der Waals surface area contributed by atoms with Crippen molar-refractivity contribution in [3.8, 4) is 0 Å². The molecule has 2 rings (SSSR count). The topological polar surface area (TPSA) is 96.8 Å². The zero-order valence-corrected chi connectivity index (χ0v) is 16.0. The monoisotopic (exact) mass is 412 g/mol. The Morgan fingerprint density at radius 3 is 2.56 bits per heavy atom. The number of amides is 1. The zero-order chi connectivity index (χ0) is 18.8. The Morgan fingerprint density at radius 1 is 1.36 bits per heavy atom. The lowest BCUT2D eigenvalue weighted by atomic mass is 9.88. The third-order valence-electron chi connectivity index (χ3n) is 4.00. The van der Waals surface area contributed by atoms with Crippen LogP contribution in [0.4, 0.5) is 4.79 Å². The second-order valence-electron chi connectivity index (χ2n) is 7.04. The number of hydrogen-bond acceptors (Lipinski definition) is 5. The average molecular weight is 413 g/mol. The average Bonchev–Trinajstić information content (AvgIpc) is 2.91. The number of hydrogen-bond donors (Lipinski definition) is 1. The zero-order valence-electron chi connectivity index (χ0n) is 14.4. The van der Waals surface area contributed by atoms with Gasteiger partial charge in [-0.3, -0.25) is 9.69 Å². The summed E-state index contributed by atoms with van der Waals surface area (Å²) in [5.74, 6) is -1.58. The molecule has 1 N–H and O–H groups in total. The lowest BCUT2D eigenvalue weighted by Crippen LogP contribution is -2.55. The first-order valence-electron chi connectivity index (χ1n) is 7.94. The van der Waals surface area contributed by atoms with Crippen molar-refractivity contribution in [3.05, 3.63) is 28.5 Å². The van der Waals surface area contributed by atoms with Gasteiger partial charge in [0.2, 0.25) is 0 Å². The summed E-state index contributed by atoms with van der Waals surface area (Å²) in [4.78, 5) is 42.2. The van der Waals surface area contributed by atoms with E-state index in [4.69, 9.17) is 4.74 Å². The van der Waals surface area contributed by atoms with E-state index in [1.165, 1.54) is 11.1 Å². The highest BCUT2D eigenvalue weighted by atomic mass is 79.9. The number of aromatic nitrogens is 1. The van der Waals surface area contributed by atoms with E-state index in [2.05, 4.69) is 20.9 Å². The molecule has 1 aromatic heterocycles. The SMILES string of the molecule is CC(C)(C)OC(=O)N1CCC[C@]1(CC(=O)c1ccc(Br)nc1)C(=O)O. The number of aliphatic carboxylic acids is 1. The van der Waals surface area contributed by atoms with Crippen LogP contribution in [0.3, 0.4) is 0 Å². The van der Waals surface area contributed by atoms with Gasteiger partial charge in [0.05, 0.1) is 0 Å². The second kappa shape index (κ2) is 7.11. The van der Waals surface area contributed by atoms with Crippen LogP contribution in [0.1, 0.15) is 50.4 Å². The van der Waals surface area contributed by atoms with Crippen LogP contribution in [0, 0.1) is 0 Å². The molecule has 0 spiro atoms. The molecule has 1 fully saturated rings. The first kappa shape index (κ1) is 19.4. The largest absolute Gasteiger partial charge is 0.479 e. The number of halogens is 1. The molecule has 1 aromatic rings. The van der Waals surface area contributed by atoms with Crippen LogP contribution < -0.4 is 0 Å². The van der Waals surface area contributed by atoms with Crippen molar-refractivity contribution in [2.45, 2.75) is 51.2 Å². The van der Waals surface area contributed by atoms with Crippen LogP contribution in [-0.2, 0) is 9.53 Å². The number of carboxylic acids is 1. The van der Waals surface area contributed by atoms with E-state index in [9.17, 15) is 19.5 Å². The molecule has 0 unspecified atom stereocenters. The fourth-order valence-corrected chi connectivity index (χ4v) is 3.09. The maximum atomic E-state index is 12.6. The number of nitrogens with zero attached hydrogens (tertiary/aromatic N) is 2. The maximum absolute atomic E-state index is 12.6. The van der Waals surface area contributed by atoms with Crippen molar-refractivity contribution in [3.63, 3.8) is 0 Å². The highest BCUT2D eigenvalue weighted by molar-refractivity contribution is 9.10. The molecule has 25 heavy (non-hydrogen) atoms. The molecular formula is C17H21BrN2O5. The van der Waals surface area contributed by atoms with Crippen LogP contribution in [0.5, 0.6) is 0 Å². The molecule has 0 aliphatic carbocycles. The Hall–Kier alpha value is -1.96. The molecular weight excluding hydrogens is 392 g/mol. The molecule has 0 bridgehead atoms. The number of rotatable bonds is 4. The predicted molar refractivity (Wildman–Crippen MR) is 93.4 cm³/mol. The van der Waals surface area contributed by atoms with Gasteiger partial charge in [0, 0.05) is 24.7 Å². The third-order valence-corrected chi connectivity index (χ3v) is 4.47. The molecule has 8 heteroatoms. The lowest BCUT2D eigenvalue weighted by Gasteiger charge is -2.35. The van der Waals surface area contributed by atoms with E-state index in [-0.39, 0.29) is 25.2 Å². The number of ether oxygens (including phenoxy) is 1. The van der Waals surface area contributed by atoms with E-state index in [1.54, 1.807) is 32.9 Å². The van der Waals surface area contributed by atoms with E-state index < -0.39 is 23.2 Å². The fraction of sp³-hybridized carbons (Fsp3) is 0.529. The second-order valence-corrected chi connectivity index (χ2v) is 7.85. The molecule has 136 valence electrons. The van der Waals surface area contributed by atoms with E-state index in [1.807, 2.05) is 0 Å². The van der Waals surface area contributed by atoms with E-state index >= 15 is 0 Å². The highest BCUT2D eigenvalue weighted by Crippen LogP contribution is 2.35. The Labute approximate surface area is 154 Å². The minimum absolute atomic E-state index is 0.206. The number of carboxylic acid groups (broad SMARTS) is 1. The van der Waals surface area contributed by atoms with Gasteiger partial charge in [-0.05, 0) is 61.7 Å². The Bertz CT molecular complexity index is 683. The van der Waals surface area contributed by atoms with Gasteiger partial charge in [-0.15, -0.1) is 0 Å². The summed E-state index contributed by atoms with van der Waals surface area (Å²) in [7, 11) is 0. The molecule has 0 radical (unpaired) electrons. The van der Waals surface area contributed by atoms with Crippen LogP contribution in [-0.4, -0.2) is 50.5 Å². The summed E-state index contributed by atoms with van der Waals surface area (Å²) in [6, 6.07) is 3.18. The van der Waals surface area contributed by atoms with Gasteiger partial charge in [-0.2, -0.15) is 0 Å². The standard InChI is InChI=1S/C17H21BrN2O5/c1-16(2,3)25-15(24)20-8-4-7-17(20,14(22)23)9-12(21)11-5-6-13(18)19-10-11/h5-6,10H,4,7-9H2,1-3H3,(H,22,23)/t17-/m0/s1. The molecule has 0 aromatic carbocycles. The summed E-state index contributed by atoms with van der Waals surface area (Å²) in [5.41, 5.74) is -2.03. The molecule has 1 atom stereocenters. The van der Waals surface area contributed by atoms with Gasteiger partial charge in [-0.1, -0.05) is 0 Å². The molecule has 1 aliphatic heterocycles. The van der Waals surface area contributed by atoms with Gasteiger partial charge >= 0.3 is 12.1 Å². The van der Waals surface area contributed by atoms with Crippen molar-refractivity contribution in [1.29, 1.82) is 0 Å². The van der Waals surface area contributed by atoms with Crippen molar-refractivity contribution in [1.82, 2.24) is 9.88 Å². The number of carbonyl (C=O) groups is 3. The quantitative estimate of drug-likeness (QED) is 0.601. The number of carbonyl (C=O) groups excluding carboxylic acids is 2. The van der Waals surface area contributed by atoms with E-state index in [0.29, 0.717) is 16.6 Å². The number of likely N-dealkylation sites (tertiary alicyclic amines) is 1. The van der Waals surface area contributed by atoms with Crippen LogP contribution >= 0.6 is 15.9 Å². The van der Waals surface area contributed by atoms with Crippen molar-refractivity contribution < 1.29 is 24.2 Å². The fourth-order valence-electron chi connectivity index (χ4n) is 2.85. The van der Waals surface area contributed by atoms with Crippen LogP contribution in [0.2, 0.25) is 0 Å². The van der Waals surface area contributed by atoms with Crippen molar-refractivity contribution >= 4 is 33.8 Å². The molecule has 1 amide bonds. The van der Waals surface area contributed by atoms with Crippen molar-refractivity contribution in [2.75, 3.05) is 6.54 Å². The summed E-state index contributed by atoms with van der Waals surface area (Å²) in [5, 5.41) is 9.80. The summed E-state index contributed by atoms with van der Waals surface area (Å²) in [6.45, 7) is 5.37. The Balaban J connectivity index is 2.27. The third kappa shape index (κ3) is 4.36. The number of Topliss-reactive ketones (excluding diaryl/α,β-unsaturated/α-hetero) is 1. The summed E-state index contributed by atoms with van der Waals surface area (Å²) in [6.07, 6.45) is 1.06. The van der Waals surface area contributed by atoms with Gasteiger partial charge in [-0.25, -0.2) is 14.6 Å². The van der Waals surface area contributed by atoms with Crippen LogP contribution in [0.25, 0.3) is 0 Å². The van der Waals surface area contributed by atoms with Gasteiger partial charge in [0.25, 0.3) is 0 Å². The minimum atomic E-state index is -1.59. The van der Waals surface area contributed by atoms with Gasteiger partial charge < -0.3 is 9.84 Å². The molecule has 2 heterocycles. The molecule has 1 saturated heterocycles. The van der Waals surface area contributed by atoms with Gasteiger partial charge in [0.1, 0.15) is 10.2 Å². The summed E-state index contributed by atoms with van der Waals surface area (Å²) < 4.78 is 5.90. The lowest BCUT2D eigenvalue weighted by molar-refractivity contribution is -0.149. The molecule has 0 saturated carbocycles. The smallest absolute Gasteiger partial charge is 0.411 e. The van der Waals surface area contributed by atoms with Gasteiger partial charge in [0.15, 0.2) is 11.3 Å². The number of pyridine rings is 1. The van der Waals surface area contributed by atoms with Crippen LogP contribution in [0.15, 0.2) is 22.9 Å². The van der Waals surface area contributed by atoms with Crippen molar-refractivity contribution in [2.24, 2.45) is 0 Å². The molecule has 1 aliphatic rings. The first-order chi connectivity index (χ1) is 11.5. The minimum Gasteiger partial charge on any atom is -0.479 e. The van der Waals surface area contributed by atoms with E-state index in [0.717, 1.165) is 0 Å². The summed E-state index contributed by atoms with van der Waals surface area (Å²) >= 11 is 3.19. The Morgan fingerprint density at radius 2 is 2.04 bits per heavy atom. The number of ketones is 1. The Kier molecular flexibility index (Phi) is 5.51. The molecule has 7 nitrogen and oxygen atoms in total. The normalized spacial score (nSPS) is 20.4. The predicted octanol–water partition coefficient (Wildman–Crippen LogP) is 3.27.